The van der Waals surface area contributed by atoms with Gasteiger partial charge in [-0.15, -0.1) is 0 Å². The van der Waals surface area contributed by atoms with Gasteiger partial charge in [-0.3, -0.25) is 5.32 Å². The van der Waals surface area contributed by atoms with Crippen molar-refractivity contribution in [3.05, 3.63) is 30.3 Å². The summed E-state index contributed by atoms with van der Waals surface area (Å²) >= 11 is 0. The van der Waals surface area contributed by atoms with E-state index in [1.54, 1.807) is 30.3 Å². The van der Waals surface area contributed by atoms with E-state index in [1.807, 2.05) is 5.32 Å². The SMILES string of the molecule is NC(=O)NC(=O)[N]c1ccccc1. The number of imide groups is 1. The van der Waals surface area contributed by atoms with Gasteiger partial charge in [-0.1, -0.05) is 18.2 Å². The second-order valence-corrected chi connectivity index (χ2v) is 2.24. The maximum Gasteiger partial charge on any atom is 0.349 e. The Balaban J connectivity index is 2.50. The molecule has 1 aromatic rings. The van der Waals surface area contributed by atoms with Crippen LogP contribution in [0.25, 0.3) is 0 Å². The highest BCUT2D eigenvalue weighted by atomic mass is 16.2. The normalized spacial score (nSPS) is 8.92. The Labute approximate surface area is 74.9 Å². The number of hydrogen-bond donors (Lipinski definition) is 2. The molecule has 0 atom stereocenters. The standard InChI is InChI=1S/C8H8N3O2/c9-7(12)11-8(13)10-6-4-2-1-3-5-6/h1-5H,(H3,9,11,12,13). The van der Waals surface area contributed by atoms with Crippen LogP contribution in [0.1, 0.15) is 0 Å². The summed E-state index contributed by atoms with van der Waals surface area (Å²) in [5.41, 5.74) is 5.19. The van der Waals surface area contributed by atoms with Crippen molar-refractivity contribution < 1.29 is 9.59 Å². The molecule has 5 heteroatoms. The second-order valence-electron chi connectivity index (χ2n) is 2.24. The van der Waals surface area contributed by atoms with E-state index < -0.39 is 12.1 Å². The van der Waals surface area contributed by atoms with Crippen LogP contribution in [0, 0.1) is 0 Å². The monoisotopic (exact) mass is 178 g/mol. The van der Waals surface area contributed by atoms with Gasteiger partial charge in [0.25, 0.3) is 0 Å². The summed E-state index contributed by atoms with van der Waals surface area (Å²) in [7, 11) is 0. The predicted molar refractivity (Wildman–Crippen MR) is 46.4 cm³/mol. The van der Waals surface area contributed by atoms with Crippen molar-refractivity contribution in [3.63, 3.8) is 0 Å². The maximum absolute atomic E-state index is 10.8. The molecule has 0 bridgehead atoms. The number of nitrogens with zero attached hydrogens (tertiary/aromatic N) is 1. The van der Waals surface area contributed by atoms with E-state index >= 15 is 0 Å². The van der Waals surface area contributed by atoms with Gasteiger partial charge in [-0.2, -0.15) is 5.32 Å². The lowest BCUT2D eigenvalue weighted by Gasteiger charge is -1.99. The van der Waals surface area contributed by atoms with E-state index in [1.165, 1.54) is 0 Å². The second kappa shape index (κ2) is 4.10. The Morgan fingerprint density at radius 3 is 2.38 bits per heavy atom. The van der Waals surface area contributed by atoms with Gasteiger partial charge in [0.05, 0.1) is 5.69 Å². The van der Waals surface area contributed by atoms with Crippen LogP contribution in [0.5, 0.6) is 0 Å². The molecule has 0 aliphatic rings. The molecule has 67 valence electrons. The van der Waals surface area contributed by atoms with Crippen LogP contribution in [-0.2, 0) is 0 Å². The van der Waals surface area contributed by atoms with Crippen LogP contribution in [0.15, 0.2) is 30.3 Å². The molecular formula is C8H8N3O2. The number of primary amides is 1. The fourth-order valence-corrected chi connectivity index (χ4v) is 0.753. The molecule has 1 radical (unpaired) electrons. The summed E-state index contributed by atoms with van der Waals surface area (Å²) in [5.74, 6) is 0. The molecule has 0 saturated heterocycles. The highest BCUT2D eigenvalue weighted by Gasteiger charge is 2.04. The fourth-order valence-electron chi connectivity index (χ4n) is 0.753. The Bertz CT molecular complexity index is 310. The summed E-state index contributed by atoms with van der Waals surface area (Å²) in [6.07, 6.45) is 0. The van der Waals surface area contributed by atoms with Gasteiger partial charge in [0.15, 0.2) is 0 Å². The minimum absolute atomic E-state index is 0.473. The molecule has 1 rings (SSSR count). The van der Waals surface area contributed by atoms with Crippen LogP contribution in [-0.4, -0.2) is 12.1 Å². The first kappa shape index (κ1) is 9.05. The van der Waals surface area contributed by atoms with E-state index in [0.717, 1.165) is 0 Å². The van der Waals surface area contributed by atoms with Gasteiger partial charge in [-0.25, -0.2) is 9.59 Å². The lowest BCUT2D eigenvalue weighted by atomic mass is 10.3. The number of benzene rings is 1. The number of urea groups is 2. The van der Waals surface area contributed by atoms with Crippen molar-refractivity contribution >= 4 is 17.7 Å². The molecule has 0 heterocycles. The van der Waals surface area contributed by atoms with Gasteiger partial charge in [-0.05, 0) is 12.1 Å². The number of amides is 4. The molecule has 0 saturated carbocycles. The summed E-state index contributed by atoms with van der Waals surface area (Å²) in [4.78, 5) is 21.1. The first-order valence-corrected chi connectivity index (χ1v) is 3.55. The Hall–Kier alpha value is -2.04. The quantitative estimate of drug-likeness (QED) is 0.663. The summed E-state index contributed by atoms with van der Waals surface area (Å²) < 4.78 is 0. The summed E-state index contributed by atoms with van der Waals surface area (Å²) in [6.45, 7) is 0. The van der Waals surface area contributed by atoms with Crippen molar-refractivity contribution in [1.29, 1.82) is 0 Å². The number of carbonyl (C=O) groups excluding carboxylic acids is 2. The van der Waals surface area contributed by atoms with E-state index in [0.29, 0.717) is 5.69 Å². The number of nitrogens with two attached hydrogens (primary N) is 1. The summed E-state index contributed by atoms with van der Waals surface area (Å²) in [5, 5.41) is 5.37. The van der Waals surface area contributed by atoms with E-state index in [2.05, 4.69) is 5.32 Å². The largest absolute Gasteiger partial charge is 0.351 e. The molecule has 1 aromatic carbocycles. The van der Waals surface area contributed by atoms with Gasteiger partial charge >= 0.3 is 12.1 Å². The molecule has 4 amide bonds. The van der Waals surface area contributed by atoms with Crippen molar-refractivity contribution in [1.82, 2.24) is 10.6 Å². The van der Waals surface area contributed by atoms with E-state index in [4.69, 9.17) is 5.73 Å². The van der Waals surface area contributed by atoms with Crippen LogP contribution >= 0.6 is 0 Å². The average Bonchev–Trinajstić information content (AvgIpc) is 2.04. The van der Waals surface area contributed by atoms with Crippen LogP contribution in [0.4, 0.5) is 15.3 Å². The number of para-hydroxylation sites is 1. The molecule has 0 aliphatic carbocycles. The lowest BCUT2D eigenvalue weighted by molar-refractivity contribution is 0.233. The zero-order valence-electron chi connectivity index (χ0n) is 6.73. The minimum Gasteiger partial charge on any atom is -0.351 e. The highest BCUT2D eigenvalue weighted by molar-refractivity contribution is 5.94. The molecule has 3 N–H and O–H groups in total. The number of rotatable bonds is 1. The molecule has 5 nitrogen and oxygen atoms in total. The van der Waals surface area contributed by atoms with Gasteiger partial charge in [0, 0.05) is 0 Å². The summed E-state index contributed by atoms with van der Waals surface area (Å²) in [6, 6.07) is 6.86. The third-order valence-electron chi connectivity index (χ3n) is 1.22. The first-order chi connectivity index (χ1) is 6.18. The fraction of sp³-hybridized carbons (Fsp3) is 0. The Kier molecular flexibility index (Phi) is 2.86. The zero-order valence-corrected chi connectivity index (χ0v) is 6.73. The first-order valence-electron chi connectivity index (χ1n) is 3.55. The van der Waals surface area contributed by atoms with E-state index in [-0.39, 0.29) is 0 Å². The van der Waals surface area contributed by atoms with Gasteiger partial charge in [0.1, 0.15) is 0 Å². The predicted octanol–water partition coefficient (Wildman–Crippen LogP) is 0.711. The molecule has 0 fully saturated rings. The van der Waals surface area contributed by atoms with Crippen LogP contribution in [0.3, 0.4) is 0 Å². The van der Waals surface area contributed by atoms with Gasteiger partial charge in [0.2, 0.25) is 0 Å². The number of nitrogens with one attached hydrogen (secondary N) is 1. The molecule has 0 aliphatic heterocycles. The van der Waals surface area contributed by atoms with Crippen molar-refractivity contribution in [3.8, 4) is 0 Å². The molecule has 13 heavy (non-hydrogen) atoms. The molecule has 0 unspecified atom stereocenters. The topological polar surface area (TPSA) is 86.3 Å². The highest BCUT2D eigenvalue weighted by Crippen LogP contribution is 2.04. The third kappa shape index (κ3) is 3.24. The zero-order chi connectivity index (χ0) is 9.68. The number of carbonyl (C=O) groups is 2. The van der Waals surface area contributed by atoms with Gasteiger partial charge < -0.3 is 5.73 Å². The third-order valence-corrected chi connectivity index (χ3v) is 1.22. The molecule has 0 spiro atoms. The Morgan fingerprint density at radius 2 is 1.85 bits per heavy atom. The number of hydrogen-bond acceptors (Lipinski definition) is 2. The van der Waals surface area contributed by atoms with Crippen molar-refractivity contribution in [2.24, 2.45) is 5.73 Å². The van der Waals surface area contributed by atoms with Crippen LogP contribution < -0.4 is 16.4 Å². The average molecular weight is 178 g/mol. The smallest absolute Gasteiger partial charge is 0.349 e. The van der Waals surface area contributed by atoms with E-state index in [9.17, 15) is 9.59 Å². The maximum atomic E-state index is 10.8. The van der Waals surface area contributed by atoms with Crippen molar-refractivity contribution in [2.75, 3.05) is 0 Å². The molecule has 0 aromatic heterocycles. The minimum atomic E-state index is -0.912. The Morgan fingerprint density at radius 1 is 1.23 bits per heavy atom. The molecular weight excluding hydrogens is 170 g/mol. The van der Waals surface area contributed by atoms with Crippen molar-refractivity contribution in [2.45, 2.75) is 0 Å². The van der Waals surface area contributed by atoms with Crippen LogP contribution in [0.2, 0.25) is 0 Å². The lowest BCUT2D eigenvalue weighted by Crippen LogP contribution is -2.37.